The van der Waals surface area contributed by atoms with E-state index in [0.29, 0.717) is 12.5 Å². The molecule has 4 heteroatoms. The molecule has 0 N–H and O–H groups in total. The fraction of sp³-hybridized carbons (Fsp3) is 0.632. The Morgan fingerprint density at radius 1 is 1.22 bits per heavy atom. The maximum atomic E-state index is 13.0. The standard InChI is InChI=1S/C19H28N2O2/c1-15-16(2)23-12-11-21(15)19(22)18-9-6-10-20(14-18)13-17-7-4-3-5-8-17/h3-5,7-8,15-16,18H,6,9-14H2,1-2H3. The molecule has 3 atom stereocenters. The molecule has 0 spiro atoms. The maximum absolute atomic E-state index is 13.0. The van der Waals surface area contributed by atoms with Crippen molar-refractivity contribution in [2.24, 2.45) is 5.92 Å². The highest BCUT2D eigenvalue weighted by atomic mass is 16.5. The van der Waals surface area contributed by atoms with Crippen molar-refractivity contribution < 1.29 is 9.53 Å². The van der Waals surface area contributed by atoms with Crippen LogP contribution in [0.3, 0.4) is 0 Å². The second-order valence-corrected chi connectivity index (χ2v) is 6.91. The van der Waals surface area contributed by atoms with Gasteiger partial charge in [-0.25, -0.2) is 0 Å². The number of benzene rings is 1. The van der Waals surface area contributed by atoms with Crippen molar-refractivity contribution in [2.75, 3.05) is 26.2 Å². The second-order valence-electron chi connectivity index (χ2n) is 6.91. The molecule has 1 amide bonds. The summed E-state index contributed by atoms with van der Waals surface area (Å²) < 4.78 is 5.65. The van der Waals surface area contributed by atoms with Gasteiger partial charge in [0.15, 0.2) is 0 Å². The number of ether oxygens (including phenoxy) is 1. The third kappa shape index (κ3) is 3.93. The van der Waals surface area contributed by atoms with Gasteiger partial charge in [0, 0.05) is 19.6 Å². The second kappa shape index (κ2) is 7.45. The number of hydrogen-bond donors (Lipinski definition) is 0. The molecule has 0 saturated carbocycles. The Bertz CT molecular complexity index is 519. The summed E-state index contributed by atoms with van der Waals surface area (Å²) in [5.41, 5.74) is 1.33. The van der Waals surface area contributed by atoms with Crippen molar-refractivity contribution in [2.45, 2.75) is 45.4 Å². The normalized spacial score (nSPS) is 29.5. The number of carbonyl (C=O) groups excluding carboxylic acids is 1. The molecule has 0 aromatic heterocycles. The van der Waals surface area contributed by atoms with E-state index in [4.69, 9.17) is 4.74 Å². The smallest absolute Gasteiger partial charge is 0.227 e. The Balaban J connectivity index is 1.60. The van der Waals surface area contributed by atoms with Crippen LogP contribution in [0.4, 0.5) is 0 Å². The predicted octanol–water partition coefficient (Wildman–Crippen LogP) is 2.53. The van der Waals surface area contributed by atoms with Crippen LogP contribution in [0.2, 0.25) is 0 Å². The summed E-state index contributed by atoms with van der Waals surface area (Å²) in [4.78, 5) is 17.4. The van der Waals surface area contributed by atoms with Crippen molar-refractivity contribution in [1.82, 2.24) is 9.80 Å². The first-order valence-corrected chi connectivity index (χ1v) is 8.83. The molecule has 0 radical (unpaired) electrons. The van der Waals surface area contributed by atoms with Gasteiger partial charge in [-0.15, -0.1) is 0 Å². The summed E-state index contributed by atoms with van der Waals surface area (Å²) in [5, 5.41) is 0. The Morgan fingerprint density at radius 3 is 2.78 bits per heavy atom. The number of carbonyl (C=O) groups is 1. The van der Waals surface area contributed by atoms with E-state index in [1.807, 2.05) is 11.0 Å². The van der Waals surface area contributed by atoms with Crippen LogP contribution < -0.4 is 0 Å². The summed E-state index contributed by atoms with van der Waals surface area (Å²) in [5.74, 6) is 0.464. The molecule has 2 aliphatic rings. The predicted molar refractivity (Wildman–Crippen MR) is 91.0 cm³/mol. The van der Waals surface area contributed by atoms with Crippen molar-refractivity contribution in [1.29, 1.82) is 0 Å². The third-order valence-electron chi connectivity index (χ3n) is 5.27. The van der Waals surface area contributed by atoms with Gasteiger partial charge >= 0.3 is 0 Å². The minimum Gasteiger partial charge on any atom is -0.375 e. The van der Waals surface area contributed by atoms with Crippen LogP contribution >= 0.6 is 0 Å². The number of morpholine rings is 1. The van der Waals surface area contributed by atoms with Gasteiger partial charge in [0.2, 0.25) is 5.91 Å². The number of piperidine rings is 1. The molecule has 2 heterocycles. The molecule has 126 valence electrons. The van der Waals surface area contributed by atoms with E-state index in [0.717, 1.165) is 39.0 Å². The van der Waals surface area contributed by atoms with E-state index in [1.165, 1.54) is 5.56 Å². The van der Waals surface area contributed by atoms with Crippen LogP contribution in [-0.2, 0) is 16.1 Å². The lowest BCUT2D eigenvalue weighted by molar-refractivity contribution is -0.150. The third-order valence-corrected chi connectivity index (χ3v) is 5.27. The van der Waals surface area contributed by atoms with Crippen LogP contribution in [0.25, 0.3) is 0 Å². The Kier molecular flexibility index (Phi) is 5.34. The molecule has 2 fully saturated rings. The zero-order valence-corrected chi connectivity index (χ0v) is 14.3. The van der Waals surface area contributed by atoms with E-state index in [9.17, 15) is 4.79 Å². The average molecular weight is 316 g/mol. The van der Waals surface area contributed by atoms with Gasteiger partial charge in [-0.2, -0.15) is 0 Å². The van der Waals surface area contributed by atoms with E-state index in [1.54, 1.807) is 0 Å². The summed E-state index contributed by atoms with van der Waals surface area (Å²) in [6, 6.07) is 10.7. The highest BCUT2D eigenvalue weighted by Crippen LogP contribution is 2.23. The fourth-order valence-electron chi connectivity index (χ4n) is 3.72. The van der Waals surface area contributed by atoms with Crippen molar-refractivity contribution >= 4 is 5.91 Å². The van der Waals surface area contributed by atoms with Crippen molar-refractivity contribution in [3.8, 4) is 0 Å². The molecule has 2 saturated heterocycles. The quantitative estimate of drug-likeness (QED) is 0.859. The first-order chi connectivity index (χ1) is 11.1. The van der Waals surface area contributed by atoms with Gasteiger partial charge in [0.1, 0.15) is 0 Å². The number of amides is 1. The van der Waals surface area contributed by atoms with Gasteiger partial charge in [-0.3, -0.25) is 9.69 Å². The molecule has 23 heavy (non-hydrogen) atoms. The van der Waals surface area contributed by atoms with Gasteiger partial charge in [-0.1, -0.05) is 30.3 Å². The summed E-state index contributed by atoms with van der Waals surface area (Å²) >= 11 is 0. The van der Waals surface area contributed by atoms with Crippen LogP contribution in [-0.4, -0.2) is 54.1 Å². The molecule has 1 aromatic carbocycles. The highest BCUT2D eigenvalue weighted by molar-refractivity contribution is 5.79. The average Bonchev–Trinajstić information content (AvgIpc) is 2.58. The zero-order valence-electron chi connectivity index (χ0n) is 14.3. The Labute approximate surface area is 139 Å². The Morgan fingerprint density at radius 2 is 2.00 bits per heavy atom. The molecule has 3 rings (SSSR count). The minimum atomic E-state index is 0.136. The summed E-state index contributed by atoms with van der Waals surface area (Å²) in [6.45, 7) is 8.48. The summed E-state index contributed by atoms with van der Waals surface area (Å²) in [7, 11) is 0. The van der Waals surface area contributed by atoms with E-state index >= 15 is 0 Å². The fourth-order valence-corrected chi connectivity index (χ4v) is 3.72. The van der Waals surface area contributed by atoms with E-state index in [2.05, 4.69) is 43.0 Å². The number of rotatable bonds is 3. The van der Waals surface area contributed by atoms with Gasteiger partial charge < -0.3 is 9.64 Å². The molecular formula is C19H28N2O2. The number of nitrogens with zero attached hydrogens (tertiary/aromatic N) is 2. The molecule has 4 nitrogen and oxygen atoms in total. The molecular weight excluding hydrogens is 288 g/mol. The SMILES string of the molecule is CC1OCCN(C(=O)C2CCCN(Cc3ccccc3)C2)C1C. The van der Waals surface area contributed by atoms with Crippen LogP contribution in [0, 0.1) is 5.92 Å². The highest BCUT2D eigenvalue weighted by Gasteiger charge is 2.35. The zero-order chi connectivity index (χ0) is 16.2. The van der Waals surface area contributed by atoms with Crippen LogP contribution in [0.15, 0.2) is 30.3 Å². The molecule has 0 aliphatic carbocycles. The van der Waals surface area contributed by atoms with Crippen molar-refractivity contribution in [3.05, 3.63) is 35.9 Å². The molecule has 1 aromatic rings. The minimum absolute atomic E-state index is 0.136. The van der Waals surface area contributed by atoms with E-state index in [-0.39, 0.29) is 18.1 Å². The first-order valence-electron chi connectivity index (χ1n) is 8.83. The summed E-state index contributed by atoms with van der Waals surface area (Å²) in [6.07, 6.45) is 2.26. The number of likely N-dealkylation sites (tertiary alicyclic amines) is 1. The monoisotopic (exact) mass is 316 g/mol. The van der Waals surface area contributed by atoms with Crippen LogP contribution in [0.1, 0.15) is 32.3 Å². The maximum Gasteiger partial charge on any atom is 0.227 e. The molecule has 2 aliphatic heterocycles. The van der Waals surface area contributed by atoms with Gasteiger partial charge in [0.05, 0.1) is 24.7 Å². The lowest BCUT2D eigenvalue weighted by atomic mass is 9.94. The van der Waals surface area contributed by atoms with Gasteiger partial charge in [-0.05, 0) is 38.8 Å². The molecule has 0 bridgehead atoms. The van der Waals surface area contributed by atoms with Crippen molar-refractivity contribution in [3.63, 3.8) is 0 Å². The Hall–Kier alpha value is -1.39. The van der Waals surface area contributed by atoms with Crippen LogP contribution in [0.5, 0.6) is 0 Å². The van der Waals surface area contributed by atoms with Gasteiger partial charge in [0.25, 0.3) is 0 Å². The topological polar surface area (TPSA) is 32.8 Å². The number of hydrogen-bond acceptors (Lipinski definition) is 3. The lowest BCUT2D eigenvalue weighted by Gasteiger charge is -2.41. The first kappa shape index (κ1) is 16.5. The molecule has 3 unspecified atom stereocenters. The lowest BCUT2D eigenvalue weighted by Crippen LogP contribution is -2.54. The largest absolute Gasteiger partial charge is 0.375 e. The van der Waals surface area contributed by atoms with E-state index < -0.39 is 0 Å².